The van der Waals surface area contributed by atoms with Gasteiger partial charge in [-0.25, -0.2) is 17.8 Å². The lowest BCUT2D eigenvalue weighted by molar-refractivity contribution is -0.137. The molecule has 1 aliphatic rings. The highest BCUT2D eigenvalue weighted by atomic mass is 32.2. The van der Waals surface area contributed by atoms with Crippen molar-refractivity contribution in [1.29, 1.82) is 0 Å². The van der Waals surface area contributed by atoms with E-state index in [1.54, 1.807) is 18.2 Å². The molecule has 1 aromatic heterocycles. The van der Waals surface area contributed by atoms with Gasteiger partial charge in [0.1, 0.15) is 12.5 Å². The standard InChI is InChI=1S/C31H35F4N3O5S/c1-2-44(41,42)25-11-6-21(7-12-25)27(18-39)29-26(30(36)40)13-14-28(37-29)38-17-22(5-10-24(38)19-43-16-15-32)20-3-8-23(9-4-20)31(33,34)35/h3-4,6-9,11-14,22,24,27,39H,2,5,10,15-19H2,1H3,(H2,36,40)/t22?,24-,27+/m0/s1. The van der Waals surface area contributed by atoms with Gasteiger partial charge in [-0.2, -0.15) is 13.2 Å². The van der Waals surface area contributed by atoms with Gasteiger partial charge in [0.2, 0.25) is 0 Å². The van der Waals surface area contributed by atoms with Gasteiger partial charge < -0.3 is 20.5 Å². The molecule has 1 fully saturated rings. The number of benzene rings is 2. The Morgan fingerprint density at radius 2 is 1.77 bits per heavy atom. The van der Waals surface area contributed by atoms with E-state index in [2.05, 4.69) is 0 Å². The molecule has 3 N–H and O–H groups in total. The molecule has 8 nitrogen and oxygen atoms in total. The summed E-state index contributed by atoms with van der Waals surface area (Å²) in [6.45, 7) is 0.843. The molecule has 44 heavy (non-hydrogen) atoms. The Balaban J connectivity index is 1.72. The van der Waals surface area contributed by atoms with Crippen LogP contribution in [0.4, 0.5) is 23.4 Å². The first-order valence-electron chi connectivity index (χ1n) is 14.2. The first-order chi connectivity index (χ1) is 20.9. The average molecular weight is 638 g/mol. The Morgan fingerprint density at radius 1 is 1.09 bits per heavy atom. The molecule has 4 rings (SSSR count). The maximum absolute atomic E-state index is 13.1. The van der Waals surface area contributed by atoms with Crippen molar-refractivity contribution in [3.05, 3.63) is 88.6 Å². The van der Waals surface area contributed by atoms with Gasteiger partial charge in [0.25, 0.3) is 5.91 Å². The number of amides is 1. The molecular formula is C31H35F4N3O5S. The van der Waals surface area contributed by atoms with E-state index in [9.17, 15) is 35.9 Å². The summed E-state index contributed by atoms with van der Waals surface area (Å²) < 4.78 is 82.3. The van der Waals surface area contributed by atoms with Crippen LogP contribution in [0.5, 0.6) is 0 Å². The molecule has 3 atom stereocenters. The predicted molar refractivity (Wildman–Crippen MR) is 157 cm³/mol. The summed E-state index contributed by atoms with van der Waals surface area (Å²) in [5.74, 6) is -1.42. The number of hydrogen-bond donors (Lipinski definition) is 2. The number of halogens is 4. The van der Waals surface area contributed by atoms with Crippen LogP contribution in [0, 0.1) is 0 Å². The number of sulfone groups is 1. The first kappa shape index (κ1) is 33.3. The number of nitrogens with zero attached hydrogens (tertiary/aromatic N) is 2. The molecule has 13 heteroatoms. The fraction of sp³-hybridized carbons (Fsp3) is 0.419. The van der Waals surface area contributed by atoms with Crippen LogP contribution in [0.15, 0.2) is 65.6 Å². The van der Waals surface area contributed by atoms with Crippen LogP contribution in [0.1, 0.15) is 64.3 Å². The predicted octanol–water partition coefficient (Wildman–Crippen LogP) is 4.86. The summed E-state index contributed by atoms with van der Waals surface area (Å²) in [5, 5.41) is 10.4. The molecule has 1 unspecified atom stereocenters. The minimum Gasteiger partial charge on any atom is -0.395 e. The molecule has 0 radical (unpaired) electrons. The van der Waals surface area contributed by atoms with Crippen molar-refractivity contribution in [1.82, 2.24) is 4.98 Å². The zero-order chi connectivity index (χ0) is 32.1. The van der Waals surface area contributed by atoms with Crippen LogP contribution in [-0.2, 0) is 20.8 Å². The highest BCUT2D eigenvalue weighted by Gasteiger charge is 2.34. The Bertz CT molecular complexity index is 1530. The summed E-state index contributed by atoms with van der Waals surface area (Å²) in [6, 6.07) is 13.9. The normalized spacial score (nSPS) is 18.3. The number of primary amides is 1. The number of aromatic nitrogens is 1. The monoisotopic (exact) mass is 637 g/mol. The van der Waals surface area contributed by atoms with Crippen molar-refractivity contribution >= 4 is 21.6 Å². The third-order valence-electron chi connectivity index (χ3n) is 7.95. The molecule has 1 saturated heterocycles. The lowest BCUT2D eigenvalue weighted by Crippen LogP contribution is -2.46. The quantitative estimate of drug-likeness (QED) is 0.215. The zero-order valence-electron chi connectivity index (χ0n) is 24.1. The van der Waals surface area contributed by atoms with Gasteiger partial charge in [0, 0.05) is 12.5 Å². The summed E-state index contributed by atoms with van der Waals surface area (Å²) in [6.07, 6.45) is -3.24. The molecule has 238 valence electrons. The fourth-order valence-electron chi connectivity index (χ4n) is 5.49. The van der Waals surface area contributed by atoms with E-state index in [1.807, 2.05) is 4.90 Å². The van der Waals surface area contributed by atoms with Crippen molar-refractivity contribution in [2.75, 3.05) is 43.7 Å². The molecule has 2 aromatic carbocycles. The van der Waals surface area contributed by atoms with Crippen molar-refractivity contribution < 1.29 is 40.6 Å². The van der Waals surface area contributed by atoms with Gasteiger partial charge in [0.15, 0.2) is 9.84 Å². The maximum Gasteiger partial charge on any atom is 0.416 e. The van der Waals surface area contributed by atoms with Crippen LogP contribution in [0.2, 0.25) is 0 Å². The van der Waals surface area contributed by atoms with Crippen LogP contribution < -0.4 is 10.6 Å². The Kier molecular flexibility index (Phi) is 10.6. The van der Waals surface area contributed by atoms with Crippen LogP contribution in [0.3, 0.4) is 0 Å². The number of ether oxygens (including phenoxy) is 1. The lowest BCUT2D eigenvalue weighted by Gasteiger charge is -2.41. The molecule has 0 spiro atoms. The molecular weight excluding hydrogens is 602 g/mol. The number of piperidine rings is 1. The summed E-state index contributed by atoms with van der Waals surface area (Å²) in [5.41, 5.74) is 6.42. The largest absolute Gasteiger partial charge is 0.416 e. The third kappa shape index (κ3) is 7.56. The van der Waals surface area contributed by atoms with Crippen molar-refractivity contribution in [2.45, 2.75) is 48.7 Å². The topological polar surface area (TPSA) is 123 Å². The third-order valence-corrected chi connectivity index (χ3v) is 9.70. The highest BCUT2D eigenvalue weighted by Crippen LogP contribution is 2.36. The van der Waals surface area contributed by atoms with Crippen LogP contribution in [-0.4, -0.2) is 69.3 Å². The number of carbonyl (C=O) groups is 1. The van der Waals surface area contributed by atoms with E-state index in [1.165, 1.54) is 37.3 Å². The van der Waals surface area contributed by atoms with Gasteiger partial charge in [-0.15, -0.1) is 0 Å². The minimum atomic E-state index is -4.45. The number of carbonyl (C=O) groups excluding carboxylic acids is 1. The molecule has 1 aliphatic heterocycles. The number of aliphatic hydroxyl groups is 1. The number of hydrogen-bond acceptors (Lipinski definition) is 7. The Hall–Kier alpha value is -3.55. The Labute approximate surface area is 253 Å². The van der Waals surface area contributed by atoms with Crippen molar-refractivity contribution in [2.24, 2.45) is 5.73 Å². The fourth-order valence-corrected chi connectivity index (χ4v) is 6.38. The number of pyridine rings is 1. The molecule has 1 amide bonds. The smallest absolute Gasteiger partial charge is 0.395 e. The Morgan fingerprint density at radius 3 is 2.34 bits per heavy atom. The van der Waals surface area contributed by atoms with Gasteiger partial charge in [-0.3, -0.25) is 4.79 Å². The van der Waals surface area contributed by atoms with Gasteiger partial charge >= 0.3 is 6.18 Å². The number of anilines is 1. The number of alkyl halides is 4. The van der Waals surface area contributed by atoms with Gasteiger partial charge in [-0.1, -0.05) is 31.2 Å². The van der Waals surface area contributed by atoms with Crippen molar-refractivity contribution in [3.63, 3.8) is 0 Å². The van der Waals surface area contributed by atoms with Crippen LogP contribution >= 0.6 is 0 Å². The average Bonchev–Trinajstić information content (AvgIpc) is 3.01. The van der Waals surface area contributed by atoms with E-state index < -0.39 is 46.7 Å². The van der Waals surface area contributed by atoms with E-state index in [-0.39, 0.29) is 47.1 Å². The van der Waals surface area contributed by atoms with E-state index in [0.29, 0.717) is 30.8 Å². The molecule has 0 aliphatic carbocycles. The zero-order valence-corrected chi connectivity index (χ0v) is 25.0. The molecule has 3 aromatic rings. The number of aliphatic hydroxyl groups excluding tert-OH is 1. The molecule has 2 heterocycles. The second kappa shape index (κ2) is 14.0. The van der Waals surface area contributed by atoms with Gasteiger partial charge in [-0.05, 0) is 60.4 Å². The van der Waals surface area contributed by atoms with Gasteiger partial charge in [0.05, 0.1) is 59.2 Å². The van der Waals surface area contributed by atoms with E-state index in [4.69, 9.17) is 15.5 Å². The minimum absolute atomic E-state index is 0.0691. The van der Waals surface area contributed by atoms with Crippen molar-refractivity contribution in [3.8, 4) is 0 Å². The maximum atomic E-state index is 13.1. The second-order valence-corrected chi connectivity index (χ2v) is 12.9. The lowest BCUT2D eigenvalue weighted by atomic mass is 9.86. The number of rotatable bonds is 12. The van der Waals surface area contributed by atoms with Crippen LogP contribution in [0.25, 0.3) is 0 Å². The summed E-state index contributed by atoms with van der Waals surface area (Å²) >= 11 is 0. The second-order valence-electron chi connectivity index (χ2n) is 10.6. The molecule has 0 saturated carbocycles. The number of nitrogens with two attached hydrogens (primary N) is 1. The first-order valence-corrected chi connectivity index (χ1v) is 15.9. The van der Waals surface area contributed by atoms with E-state index in [0.717, 1.165) is 17.7 Å². The summed E-state index contributed by atoms with van der Waals surface area (Å²) in [7, 11) is -3.46. The molecule has 0 bridgehead atoms. The summed E-state index contributed by atoms with van der Waals surface area (Å²) in [4.78, 5) is 19.2. The van der Waals surface area contributed by atoms with E-state index >= 15 is 0 Å². The highest BCUT2D eigenvalue weighted by molar-refractivity contribution is 7.91. The SMILES string of the molecule is CCS(=O)(=O)c1ccc([C@@H](CO)c2nc(N3CC(c4ccc(C(F)(F)F)cc4)CC[C@H]3COCCF)ccc2C(N)=O)cc1.